The molecule has 2 amide bonds. The van der Waals surface area contributed by atoms with Gasteiger partial charge in [0.15, 0.2) is 0 Å². The van der Waals surface area contributed by atoms with Crippen molar-refractivity contribution in [3.05, 3.63) is 23.9 Å². The van der Waals surface area contributed by atoms with Crippen LogP contribution in [-0.2, 0) is 15.7 Å². The number of pyridine rings is 1. The van der Waals surface area contributed by atoms with Crippen molar-refractivity contribution < 1.29 is 36.6 Å². The molecule has 1 aliphatic heterocycles. The third-order valence-corrected chi connectivity index (χ3v) is 4.77. The van der Waals surface area contributed by atoms with Crippen molar-refractivity contribution >= 4 is 12.0 Å². The Morgan fingerprint density at radius 3 is 2.44 bits per heavy atom. The lowest BCUT2D eigenvalue weighted by molar-refractivity contribution is -0.139. The third kappa shape index (κ3) is 6.96. The second-order valence-electron chi connectivity index (χ2n) is 9.34. The summed E-state index contributed by atoms with van der Waals surface area (Å²) in [5.74, 6) is -1.21. The van der Waals surface area contributed by atoms with Crippen molar-refractivity contribution in [2.45, 2.75) is 65.0 Å². The zero-order valence-corrected chi connectivity index (χ0v) is 18.8. The highest BCUT2D eigenvalue weighted by molar-refractivity contribution is 5.82. The highest BCUT2D eigenvalue weighted by Gasteiger charge is 2.39. The van der Waals surface area contributed by atoms with Crippen molar-refractivity contribution in [1.29, 1.82) is 0 Å². The lowest BCUT2D eigenvalue weighted by atomic mass is 9.92. The molecule has 11 heteroatoms. The second-order valence-corrected chi connectivity index (χ2v) is 9.34. The first-order valence-corrected chi connectivity index (χ1v) is 10.2. The largest absolute Gasteiger partial charge is 0.476 e. The van der Waals surface area contributed by atoms with Crippen LogP contribution in [0.1, 0.15) is 46.6 Å². The number of ether oxygens (including phenoxy) is 2. The SMILES string of the molecule is CC(C)(C)OC(=O)N1CC[C@H](NC(=O)C(C)(C)COc2ncccc2C(F)(F)F)[C@@H](F)C1. The molecule has 1 aromatic heterocycles. The summed E-state index contributed by atoms with van der Waals surface area (Å²) in [5.41, 5.74) is -3.02. The summed E-state index contributed by atoms with van der Waals surface area (Å²) in [4.78, 5) is 29.6. The number of alkyl halides is 4. The maximum atomic E-state index is 14.6. The Morgan fingerprint density at radius 2 is 1.88 bits per heavy atom. The van der Waals surface area contributed by atoms with Crippen molar-refractivity contribution in [3.63, 3.8) is 0 Å². The van der Waals surface area contributed by atoms with Crippen molar-refractivity contribution in [3.8, 4) is 5.88 Å². The molecule has 1 saturated heterocycles. The minimum Gasteiger partial charge on any atom is -0.476 e. The molecule has 0 bridgehead atoms. The average molecular weight is 463 g/mol. The van der Waals surface area contributed by atoms with Crippen LogP contribution in [0, 0.1) is 5.41 Å². The molecule has 0 aliphatic carbocycles. The highest BCUT2D eigenvalue weighted by Crippen LogP contribution is 2.35. The molecule has 1 fully saturated rings. The fourth-order valence-corrected chi connectivity index (χ4v) is 2.96. The number of hydrogen-bond donors (Lipinski definition) is 1. The van der Waals surface area contributed by atoms with Crippen LogP contribution < -0.4 is 10.1 Å². The van der Waals surface area contributed by atoms with Crippen LogP contribution in [0.4, 0.5) is 22.4 Å². The predicted octanol–water partition coefficient (Wildman–Crippen LogP) is 3.97. The normalized spacial score (nSPS) is 20.0. The van der Waals surface area contributed by atoms with Gasteiger partial charge in [-0.05, 0) is 53.2 Å². The van der Waals surface area contributed by atoms with Gasteiger partial charge >= 0.3 is 12.3 Å². The fourth-order valence-electron chi connectivity index (χ4n) is 2.96. The van der Waals surface area contributed by atoms with Gasteiger partial charge in [-0.1, -0.05) is 0 Å². The quantitative estimate of drug-likeness (QED) is 0.669. The number of carbonyl (C=O) groups is 2. The van der Waals surface area contributed by atoms with E-state index in [1.165, 1.54) is 18.7 Å². The van der Waals surface area contributed by atoms with Gasteiger partial charge in [0.2, 0.25) is 11.8 Å². The summed E-state index contributed by atoms with van der Waals surface area (Å²) in [6.45, 7) is 7.63. The average Bonchev–Trinajstić information content (AvgIpc) is 2.66. The van der Waals surface area contributed by atoms with E-state index < -0.39 is 59.5 Å². The lowest BCUT2D eigenvalue weighted by Crippen LogP contribution is -2.56. The molecule has 2 atom stereocenters. The number of halogens is 4. The van der Waals surface area contributed by atoms with E-state index in [4.69, 9.17) is 9.47 Å². The van der Waals surface area contributed by atoms with Gasteiger partial charge in [-0.3, -0.25) is 4.79 Å². The minimum absolute atomic E-state index is 0.168. The van der Waals surface area contributed by atoms with E-state index >= 15 is 0 Å². The van der Waals surface area contributed by atoms with E-state index in [0.717, 1.165) is 18.3 Å². The van der Waals surface area contributed by atoms with E-state index in [1.807, 2.05) is 0 Å². The fraction of sp³-hybridized carbons (Fsp3) is 0.667. The van der Waals surface area contributed by atoms with Crippen LogP contribution >= 0.6 is 0 Å². The van der Waals surface area contributed by atoms with Gasteiger partial charge in [-0.2, -0.15) is 13.2 Å². The topological polar surface area (TPSA) is 80.8 Å². The summed E-state index contributed by atoms with van der Waals surface area (Å²) in [6, 6.07) is 1.13. The molecular formula is C21H29F4N3O4. The Hall–Kier alpha value is -2.59. The van der Waals surface area contributed by atoms with E-state index in [-0.39, 0.29) is 19.5 Å². The predicted molar refractivity (Wildman–Crippen MR) is 108 cm³/mol. The molecule has 0 saturated carbocycles. The summed E-state index contributed by atoms with van der Waals surface area (Å²) >= 11 is 0. The molecule has 7 nitrogen and oxygen atoms in total. The monoisotopic (exact) mass is 463 g/mol. The van der Waals surface area contributed by atoms with E-state index in [2.05, 4.69) is 10.3 Å². The van der Waals surface area contributed by atoms with E-state index in [0.29, 0.717) is 0 Å². The first-order chi connectivity index (χ1) is 14.6. The van der Waals surface area contributed by atoms with Crippen LogP contribution in [0.3, 0.4) is 0 Å². The van der Waals surface area contributed by atoms with Crippen molar-refractivity contribution in [1.82, 2.24) is 15.2 Å². The summed E-state index contributed by atoms with van der Waals surface area (Å²) in [6.07, 6.45) is -5.48. The van der Waals surface area contributed by atoms with Gasteiger partial charge < -0.3 is 19.7 Å². The number of carbonyl (C=O) groups excluding carboxylic acids is 2. The molecular weight excluding hydrogens is 434 g/mol. The summed E-state index contributed by atoms with van der Waals surface area (Å²) < 4.78 is 64.3. The molecule has 1 aliphatic rings. The molecule has 2 heterocycles. The second kappa shape index (κ2) is 9.50. The van der Waals surface area contributed by atoms with Gasteiger partial charge in [0, 0.05) is 12.7 Å². The van der Waals surface area contributed by atoms with Gasteiger partial charge in [-0.15, -0.1) is 0 Å². The zero-order valence-electron chi connectivity index (χ0n) is 18.8. The zero-order chi connectivity index (χ0) is 24.3. The van der Waals surface area contributed by atoms with Crippen LogP contribution in [0.15, 0.2) is 18.3 Å². The van der Waals surface area contributed by atoms with E-state index in [9.17, 15) is 27.2 Å². The molecule has 0 aromatic carbocycles. The lowest BCUT2D eigenvalue weighted by Gasteiger charge is -2.37. The maximum Gasteiger partial charge on any atom is 0.421 e. The maximum absolute atomic E-state index is 14.6. The van der Waals surface area contributed by atoms with Gasteiger partial charge in [0.1, 0.15) is 23.9 Å². The van der Waals surface area contributed by atoms with Gasteiger partial charge in [0.25, 0.3) is 0 Å². The molecule has 0 unspecified atom stereocenters. The molecule has 1 N–H and O–H groups in total. The molecule has 2 rings (SSSR count). The number of hydrogen-bond acceptors (Lipinski definition) is 5. The summed E-state index contributed by atoms with van der Waals surface area (Å²) in [7, 11) is 0. The molecule has 1 aromatic rings. The first-order valence-electron chi connectivity index (χ1n) is 10.2. The van der Waals surface area contributed by atoms with Crippen LogP contribution in [0.2, 0.25) is 0 Å². The first kappa shape index (κ1) is 25.7. The van der Waals surface area contributed by atoms with Gasteiger partial charge in [-0.25, -0.2) is 14.2 Å². The third-order valence-electron chi connectivity index (χ3n) is 4.77. The Kier molecular flexibility index (Phi) is 7.62. The van der Waals surface area contributed by atoms with Crippen molar-refractivity contribution in [2.24, 2.45) is 5.41 Å². The summed E-state index contributed by atoms with van der Waals surface area (Å²) in [5, 5.41) is 2.58. The van der Waals surface area contributed by atoms with Crippen LogP contribution in [0.25, 0.3) is 0 Å². The Balaban J connectivity index is 1.94. The Bertz CT molecular complexity index is 824. The molecule has 180 valence electrons. The Labute approximate surface area is 184 Å². The van der Waals surface area contributed by atoms with Crippen LogP contribution in [-0.4, -0.2) is 59.4 Å². The molecule has 0 radical (unpaired) electrons. The van der Waals surface area contributed by atoms with Crippen LogP contribution in [0.5, 0.6) is 5.88 Å². The Morgan fingerprint density at radius 1 is 1.22 bits per heavy atom. The highest BCUT2D eigenvalue weighted by atomic mass is 19.4. The molecule has 32 heavy (non-hydrogen) atoms. The number of rotatable bonds is 5. The number of aromatic nitrogens is 1. The van der Waals surface area contributed by atoms with E-state index in [1.54, 1.807) is 20.8 Å². The standard InChI is InChI=1S/C21H29F4N3O4/c1-19(2,3)32-18(30)28-10-8-15(14(22)11-28)27-17(29)20(4,5)12-31-16-13(21(23,24)25)7-6-9-26-16/h6-7,9,14-15H,8,10-12H2,1-5H3,(H,27,29)/t14-,15-/m0/s1. The van der Waals surface area contributed by atoms with Gasteiger partial charge in [0.05, 0.1) is 18.0 Å². The van der Waals surface area contributed by atoms with Crippen molar-refractivity contribution in [2.75, 3.05) is 19.7 Å². The number of piperidine rings is 1. The smallest absolute Gasteiger partial charge is 0.421 e. The number of nitrogens with zero attached hydrogens (tertiary/aromatic N) is 2. The molecule has 0 spiro atoms. The number of nitrogens with one attached hydrogen (secondary N) is 1. The number of likely N-dealkylation sites (tertiary alicyclic amines) is 1. The minimum atomic E-state index is -4.65. The number of amides is 2.